The molecule has 1 saturated heterocycles. The molecule has 1 heterocycles. The Bertz CT molecular complexity index is 2070. The lowest BCUT2D eigenvalue weighted by atomic mass is 9.72. The van der Waals surface area contributed by atoms with E-state index in [1.807, 2.05) is 69.3 Å². The van der Waals surface area contributed by atoms with Crippen molar-refractivity contribution in [2.75, 3.05) is 23.4 Å². The number of nitro benzene ring substituents is 1. The Hall–Kier alpha value is -6.08. The van der Waals surface area contributed by atoms with Gasteiger partial charge in [0, 0.05) is 36.0 Å². The van der Waals surface area contributed by atoms with Crippen LogP contribution in [0.2, 0.25) is 0 Å². The molecule has 4 aromatic carbocycles. The summed E-state index contributed by atoms with van der Waals surface area (Å²) in [5.41, 5.74) is 2.27. The van der Waals surface area contributed by atoms with Crippen molar-refractivity contribution in [1.29, 1.82) is 0 Å². The SMILES string of the molecule is C[C@@H](O)[C@H](NC(=O)OCC1c2ccccc2-c2ccccc21)C(=O)N1CCC[C@H]1C(=O)N(c1ccccc1)[C@@](C)(C(=O)Nc1ccc([N+](=O)[O-])cc1)C(C)(C)C. The third kappa shape index (κ3) is 7.59. The van der Waals surface area contributed by atoms with E-state index < -0.39 is 57.9 Å². The minimum atomic E-state index is -1.58. The number of aliphatic hydroxyl groups excluding tert-OH is 1. The molecule has 2 aliphatic rings. The number of hydrogen-bond donors (Lipinski definition) is 3. The topological polar surface area (TPSA) is 171 Å². The molecule has 13 nitrogen and oxygen atoms in total. The standard InChI is InChI=1S/C43H47N5O8/c1-27(49)37(45-41(53)56-26-35-33-18-11-9-16-31(33)32-17-10-12-19-34(32)35)39(51)46-25-13-20-36(46)38(50)47(29-14-7-6-8-15-29)43(5,42(2,3)4)40(52)44-28-21-23-30(24-22-28)48(54)55/h6-12,14-19,21-24,27,35-37,49H,13,20,25-26H2,1-5H3,(H,44,52)(H,45,53)/t27-,36+,37+,43+/m1/s1. The Labute approximate surface area is 325 Å². The highest BCUT2D eigenvalue weighted by Crippen LogP contribution is 2.45. The molecule has 0 unspecified atom stereocenters. The van der Waals surface area contributed by atoms with Crippen molar-refractivity contribution in [2.24, 2.45) is 5.41 Å². The summed E-state index contributed by atoms with van der Waals surface area (Å²) in [6.45, 7) is 8.69. The summed E-state index contributed by atoms with van der Waals surface area (Å²) in [7, 11) is 0. The van der Waals surface area contributed by atoms with Gasteiger partial charge in [-0.2, -0.15) is 0 Å². The Balaban J connectivity index is 1.23. The van der Waals surface area contributed by atoms with Crippen molar-refractivity contribution in [1.82, 2.24) is 10.2 Å². The number of benzene rings is 4. The van der Waals surface area contributed by atoms with E-state index in [0.29, 0.717) is 17.8 Å². The summed E-state index contributed by atoms with van der Waals surface area (Å²) in [5, 5.41) is 27.5. The summed E-state index contributed by atoms with van der Waals surface area (Å²) in [6, 6.07) is 27.4. The van der Waals surface area contributed by atoms with Crippen molar-refractivity contribution < 1.29 is 33.9 Å². The van der Waals surface area contributed by atoms with E-state index in [9.17, 15) is 34.4 Å². The second-order valence-electron chi connectivity index (χ2n) is 15.5. The van der Waals surface area contributed by atoms with Crippen LogP contribution in [0.25, 0.3) is 11.1 Å². The van der Waals surface area contributed by atoms with Gasteiger partial charge in [-0.15, -0.1) is 0 Å². The number of carbonyl (C=O) groups excluding carboxylic acids is 4. The van der Waals surface area contributed by atoms with Crippen LogP contribution in [0.5, 0.6) is 0 Å². The van der Waals surface area contributed by atoms with Gasteiger partial charge in [0.2, 0.25) is 5.91 Å². The molecule has 56 heavy (non-hydrogen) atoms. The number of ether oxygens (including phenoxy) is 1. The van der Waals surface area contributed by atoms with Gasteiger partial charge in [-0.25, -0.2) is 4.79 Å². The largest absolute Gasteiger partial charge is 0.449 e. The molecule has 1 aliphatic heterocycles. The van der Waals surface area contributed by atoms with Gasteiger partial charge in [-0.1, -0.05) is 87.5 Å². The maximum Gasteiger partial charge on any atom is 0.407 e. The summed E-state index contributed by atoms with van der Waals surface area (Å²) >= 11 is 0. The minimum Gasteiger partial charge on any atom is -0.449 e. The molecular formula is C43H47N5O8. The van der Waals surface area contributed by atoms with E-state index in [-0.39, 0.29) is 31.2 Å². The van der Waals surface area contributed by atoms with Gasteiger partial charge in [0.15, 0.2) is 0 Å². The number of aliphatic hydroxyl groups is 1. The quantitative estimate of drug-likeness (QED) is 0.113. The number of carbonyl (C=O) groups is 4. The van der Waals surface area contributed by atoms with Crippen LogP contribution >= 0.6 is 0 Å². The lowest BCUT2D eigenvalue weighted by Crippen LogP contribution is -2.67. The van der Waals surface area contributed by atoms with Crippen molar-refractivity contribution >= 4 is 40.9 Å². The highest BCUT2D eigenvalue weighted by molar-refractivity contribution is 6.10. The fourth-order valence-electron chi connectivity index (χ4n) is 7.65. The molecule has 0 saturated carbocycles. The molecule has 0 radical (unpaired) electrons. The van der Waals surface area contributed by atoms with Crippen LogP contribution in [0.3, 0.4) is 0 Å². The van der Waals surface area contributed by atoms with Gasteiger partial charge in [0.1, 0.15) is 24.2 Å². The zero-order chi connectivity index (χ0) is 40.4. The smallest absolute Gasteiger partial charge is 0.407 e. The van der Waals surface area contributed by atoms with E-state index >= 15 is 0 Å². The second-order valence-corrected chi connectivity index (χ2v) is 15.5. The monoisotopic (exact) mass is 761 g/mol. The number of nitro groups is 1. The first-order valence-corrected chi connectivity index (χ1v) is 18.7. The summed E-state index contributed by atoms with van der Waals surface area (Å²) < 4.78 is 5.69. The number of para-hydroxylation sites is 1. The normalized spacial score (nSPS) is 17.1. The van der Waals surface area contributed by atoms with Crippen LogP contribution in [0.4, 0.5) is 21.9 Å². The number of nitrogens with zero attached hydrogens (tertiary/aromatic N) is 3. The van der Waals surface area contributed by atoms with Crippen LogP contribution < -0.4 is 15.5 Å². The first-order valence-electron chi connectivity index (χ1n) is 18.7. The summed E-state index contributed by atoms with van der Waals surface area (Å²) in [6.07, 6.45) is -1.49. The van der Waals surface area contributed by atoms with Gasteiger partial charge < -0.3 is 25.4 Å². The summed E-state index contributed by atoms with van der Waals surface area (Å²) in [5.74, 6) is -1.95. The number of rotatable bonds is 11. The van der Waals surface area contributed by atoms with E-state index in [1.54, 1.807) is 37.3 Å². The molecule has 0 bridgehead atoms. The average molecular weight is 762 g/mol. The molecule has 0 spiro atoms. The third-order valence-corrected chi connectivity index (χ3v) is 11.1. The molecule has 6 rings (SSSR count). The first kappa shape index (κ1) is 39.6. The predicted molar refractivity (Wildman–Crippen MR) is 212 cm³/mol. The van der Waals surface area contributed by atoms with E-state index in [4.69, 9.17) is 4.74 Å². The Morgan fingerprint density at radius 1 is 0.893 bits per heavy atom. The Morgan fingerprint density at radius 3 is 2.02 bits per heavy atom. The van der Waals surface area contributed by atoms with Gasteiger partial charge >= 0.3 is 6.09 Å². The number of alkyl carbamates (subject to hydrolysis) is 1. The molecule has 4 amide bonds. The lowest BCUT2D eigenvalue weighted by molar-refractivity contribution is -0.384. The number of likely N-dealkylation sites (tertiary alicyclic amines) is 1. The van der Waals surface area contributed by atoms with Gasteiger partial charge in [-0.3, -0.25) is 29.4 Å². The molecule has 0 aromatic heterocycles. The fraction of sp³-hybridized carbons (Fsp3) is 0.349. The maximum atomic E-state index is 15.0. The second kappa shape index (κ2) is 16.0. The van der Waals surface area contributed by atoms with Crippen molar-refractivity contribution in [3.8, 4) is 11.1 Å². The van der Waals surface area contributed by atoms with E-state index in [1.165, 1.54) is 41.0 Å². The number of anilines is 2. The molecule has 4 aromatic rings. The zero-order valence-corrected chi connectivity index (χ0v) is 32.1. The fourth-order valence-corrected chi connectivity index (χ4v) is 7.65. The van der Waals surface area contributed by atoms with Crippen LogP contribution in [-0.2, 0) is 19.1 Å². The molecule has 292 valence electrons. The molecule has 1 aliphatic carbocycles. The number of amides is 4. The van der Waals surface area contributed by atoms with E-state index in [0.717, 1.165) is 22.3 Å². The van der Waals surface area contributed by atoms with Gasteiger partial charge in [0.05, 0.1) is 11.0 Å². The Kier molecular flexibility index (Phi) is 11.3. The molecule has 3 N–H and O–H groups in total. The number of hydrogen-bond acceptors (Lipinski definition) is 8. The van der Waals surface area contributed by atoms with Crippen LogP contribution in [0, 0.1) is 15.5 Å². The number of fused-ring (bicyclic) bond motifs is 3. The highest BCUT2D eigenvalue weighted by Gasteiger charge is 2.54. The average Bonchev–Trinajstić information content (AvgIpc) is 3.79. The number of nitrogens with one attached hydrogen (secondary N) is 2. The Morgan fingerprint density at radius 2 is 1.46 bits per heavy atom. The molecule has 13 heteroatoms. The van der Waals surface area contributed by atoms with Crippen LogP contribution in [-0.4, -0.2) is 75.6 Å². The molecular weight excluding hydrogens is 714 g/mol. The zero-order valence-electron chi connectivity index (χ0n) is 32.1. The lowest BCUT2D eigenvalue weighted by Gasteiger charge is -2.49. The van der Waals surface area contributed by atoms with Crippen LogP contribution in [0.15, 0.2) is 103 Å². The number of non-ortho nitro benzene ring substituents is 1. The first-order chi connectivity index (χ1) is 26.6. The van der Waals surface area contributed by atoms with Crippen molar-refractivity contribution in [2.45, 2.75) is 77.1 Å². The van der Waals surface area contributed by atoms with Gasteiger partial charge in [-0.05, 0) is 78.6 Å². The van der Waals surface area contributed by atoms with Crippen molar-refractivity contribution in [3.05, 3.63) is 124 Å². The summed E-state index contributed by atoms with van der Waals surface area (Å²) in [4.78, 5) is 70.5. The highest BCUT2D eigenvalue weighted by atomic mass is 16.6. The van der Waals surface area contributed by atoms with Gasteiger partial charge in [0.25, 0.3) is 17.5 Å². The maximum absolute atomic E-state index is 15.0. The van der Waals surface area contributed by atoms with E-state index in [2.05, 4.69) is 10.6 Å². The molecule has 1 fully saturated rings. The third-order valence-electron chi connectivity index (χ3n) is 11.1. The van der Waals surface area contributed by atoms with Crippen LogP contribution in [0.1, 0.15) is 64.5 Å². The predicted octanol–water partition coefficient (Wildman–Crippen LogP) is 6.65. The minimum absolute atomic E-state index is 0.00473. The molecule has 4 atom stereocenters. The van der Waals surface area contributed by atoms with Crippen molar-refractivity contribution in [3.63, 3.8) is 0 Å².